The van der Waals surface area contributed by atoms with Crippen LogP contribution in [-0.2, 0) is 0 Å². The van der Waals surface area contributed by atoms with Crippen LogP contribution in [0.1, 0.15) is 10.4 Å². The third-order valence-corrected chi connectivity index (χ3v) is 4.85. The van der Waals surface area contributed by atoms with E-state index in [4.69, 9.17) is 11.1 Å². The van der Waals surface area contributed by atoms with Crippen LogP contribution in [0.3, 0.4) is 0 Å². The highest BCUT2D eigenvalue weighted by molar-refractivity contribution is 9.13. The zero-order valence-electron chi connectivity index (χ0n) is 12.7. The molecule has 0 bridgehead atoms. The molecule has 0 aromatic heterocycles. The second-order valence-electron chi connectivity index (χ2n) is 4.65. The number of allylic oxidation sites excluding steroid dienone is 1. The molecule has 0 aliphatic carbocycles. The van der Waals surface area contributed by atoms with Gasteiger partial charge in [-0.15, -0.1) is 0 Å². The van der Waals surface area contributed by atoms with Gasteiger partial charge in [-0.05, 0) is 60.5 Å². The Morgan fingerprint density at radius 3 is 2.25 bits per heavy atom. The van der Waals surface area contributed by atoms with Gasteiger partial charge in [0.2, 0.25) is 5.91 Å². The monoisotopic (exact) mass is 450 g/mol. The summed E-state index contributed by atoms with van der Waals surface area (Å²) < 4.78 is 1.73. The topological polar surface area (TPSA) is 87.2 Å². The van der Waals surface area contributed by atoms with Gasteiger partial charge in [0, 0.05) is 26.3 Å². The fourth-order valence-corrected chi connectivity index (χ4v) is 2.37. The first kappa shape index (κ1) is 19.9. The number of nitrogens with one attached hydrogen (secondary N) is 1. The Hall–Kier alpha value is -2.18. The maximum absolute atomic E-state index is 10.7. The standard InChI is InChI=1S/C11H11NO.C7H5Br2NO/c1-8-5-3-4-6-10(8)11(7-12)9(2)13;8-5-2-1-4(7(10)11)3-6(5)9/h3-7,12-13H,1-2H2;1-3H,(H2,10,11)/b11-10-,12-7?;. The average molecular weight is 452 g/mol. The van der Waals surface area contributed by atoms with E-state index in [9.17, 15) is 9.90 Å². The summed E-state index contributed by atoms with van der Waals surface area (Å²) in [6.07, 6.45) is 1.08. The summed E-state index contributed by atoms with van der Waals surface area (Å²) in [4.78, 5) is 10.7. The highest BCUT2D eigenvalue weighted by Crippen LogP contribution is 2.23. The molecule has 6 heteroatoms. The van der Waals surface area contributed by atoms with Gasteiger partial charge in [-0.25, -0.2) is 0 Å². The van der Waals surface area contributed by atoms with Gasteiger partial charge in [0.05, 0.1) is 0 Å². The number of hydrogen-bond acceptors (Lipinski definition) is 3. The van der Waals surface area contributed by atoms with Crippen LogP contribution in [0.5, 0.6) is 0 Å². The van der Waals surface area contributed by atoms with Crippen LogP contribution >= 0.6 is 31.9 Å². The molecular formula is C18H16Br2N2O2. The molecule has 2 rings (SSSR count). The number of carbonyl (C=O) groups excluding carboxylic acids is 1. The summed E-state index contributed by atoms with van der Waals surface area (Å²) in [5.41, 5.74) is 5.97. The summed E-state index contributed by atoms with van der Waals surface area (Å²) in [6.45, 7) is 7.18. The molecule has 0 atom stereocenters. The number of hydrogen-bond donors (Lipinski definition) is 3. The van der Waals surface area contributed by atoms with Crippen molar-refractivity contribution in [3.05, 3.63) is 79.7 Å². The molecule has 0 aliphatic rings. The smallest absolute Gasteiger partial charge is 0.248 e. The van der Waals surface area contributed by atoms with E-state index in [0.29, 0.717) is 11.1 Å². The molecule has 4 nitrogen and oxygen atoms in total. The van der Waals surface area contributed by atoms with E-state index in [1.54, 1.807) is 24.3 Å². The van der Waals surface area contributed by atoms with Crippen LogP contribution in [0.2, 0.25) is 0 Å². The normalized spacial score (nSPS) is 10.9. The molecule has 24 heavy (non-hydrogen) atoms. The lowest BCUT2D eigenvalue weighted by Gasteiger charge is -1.97. The van der Waals surface area contributed by atoms with E-state index >= 15 is 0 Å². The number of aliphatic hydroxyl groups is 1. The molecule has 0 aliphatic heterocycles. The third-order valence-electron chi connectivity index (χ3n) is 2.97. The van der Waals surface area contributed by atoms with Crippen molar-refractivity contribution in [2.75, 3.05) is 0 Å². The van der Waals surface area contributed by atoms with Crippen molar-refractivity contribution >= 4 is 56.1 Å². The van der Waals surface area contributed by atoms with Crippen LogP contribution in [0, 0.1) is 5.41 Å². The van der Waals surface area contributed by atoms with Crippen molar-refractivity contribution in [1.82, 2.24) is 0 Å². The number of aliphatic hydroxyl groups excluding tert-OH is 1. The Labute approximate surface area is 156 Å². The van der Waals surface area contributed by atoms with Gasteiger partial charge in [0.15, 0.2) is 0 Å². The van der Waals surface area contributed by atoms with Gasteiger partial charge in [0.1, 0.15) is 5.76 Å². The zero-order chi connectivity index (χ0) is 18.3. The number of rotatable bonds is 3. The summed E-state index contributed by atoms with van der Waals surface area (Å²) in [5, 5.41) is 17.8. The van der Waals surface area contributed by atoms with Gasteiger partial charge in [-0.1, -0.05) is 37.4 Å². The minimum absolute atomic E-state index is 0.105. The molecule has 0 fully saturated rings. The molecule has 0 saturated carbocycles. The average Bonchev–Trinajstić information content (AvgIpc) is 2.52. The van der Waals surface area contributed by atoms with Gasteiger partial charge in [-0.3, -0.25) is 4.79 Å². The van der Waals surface area contributed by atoms with E-state index in [0.717, 1.165) is 25.6 Å². The summed E-state index contributed by atoms with van der Waals surface area (Å²) in [7, 11) is 0. The number of amides is 1. The largest absolute Gasteiger partial charge is 0.508 e. The van der Waals surface area contributed by atoms with Crippen LogP contribution in [0.4, 0.5) is 0 Å². The maximum Gasteiger partial charge on any atom is 0.248 e. The predicted molar refractivity (Wildman–Crippen MR) is 106 cm³/mol. The fraction of sp³-hybridized carbons (Fsp3) is 0. The van der Waals surface area contributed by atoms with E-state index in [1.165, 1.54) is 0 Å². The Kier molecular flexibility index (Phi) is 7.61. The summed E-state index contributed by atoms with van der Waals surface area (Å²) in [5.74, 6) is -0.524. The van der Waals surface area contributed by atoms with E-state index < -0.39 is 5.91 Å². The third kappa shape index (κ3) is 5.47. The van der Waals surface area contributed by atoms with Crippen molar-refractivity contribution < 1.29 is 9.90 Å². The Balaban J connectivity index is 0.000000243. The number of halogens is 2. The second-order valence-corrected chi connectivity index (χ2v) is 6.36. The zero-order valence-corrected chi connectivity index (χ0v) is 15.9. The van der Waals surface area contributed by atoms with Crippen molar-refractivity contribution in [2.24, 2.45) is 5.73 Å². The number of primary amides is 1. The Morgan fingerprint density at radius 1 is 1.17 bits per heavy atom. The summed E-state index contributed by atoms with van der Waals surface area (Å²) in [6, 6.07) is 12.4. The molecule has 4 N–H and O–H groups in total. The first-order valence-electron chi connectivity index (χ1n) is 6.69. The van der Waals surface area contributed by atoms with Gasteiger partial charge in [0.25, 0.3) is 0 Å². The molecule has 0 heterocycles. The Bertz CT molecular complexity index is 892. The molecule has 124 valence electrons. The van der Waals surface area contributed by atoms with Gasteiger partial charge in [-0.2, -0.15) is 0 Å². The molecule has 0 spiro atoms. The van der Waals surface area contributed by atoms with Gasteiger partial charge < -0.3 is 16.2 Å². The molecule has 2 aromatic rings. The van der Waals surface area contributed by atoms with Crippen molar-refractivity contribution in [1.29, 1.82) is 5.41 Å². The quantitative estimate of drug-likeness (QED) is 0.494. The molecule has 0 saturated heterocycles. The lowest BCUT2D eigenvalue weighted by molar-refractivity contribution is 0.1000. The lowest BCUT2D eigenvalue weighted by Crippen LogP contribution is -2.25. The fourth-order valence-electron chi connectivity index (χ4n) is 1.75. The van der Waals surface area contributed by atoms with E-state index in [1.807, 2.05) is 18.2 Å². The molecule has 0 unspecified atom stereocenters. The first-order valence-corrected chi connectivity index (χ1v) is 8.28. The maximum atomic E-state index is 10.7. The molecule has 1 amide bonds. The molecule has 0 radical (unpaired) electrons. The van der Waals surface area contributed by atoms with Crippen LogP contribution < -0.4 is 16.2 Å². The van der Waals surface area contributed by atoms with Crippen molar-refractivity contribution in [3.63, 3.8) is 0 Å². The predicted octanol–water partition coefficient (Wildman–Crippen LogP) is 3.28. The van der Waals surface area contributed by atoms with Crippen LogP contribution in [0.25, 0.3) is 12.2 Å². The lowest BCUT2D eigenvalue weighted by atomic mass is 10.1. The van der Waals surface area contributed by atoms with Crippen LogP contribution in [-0.4, -0.2) is 17.2 Å². The van der Waals surface area contributed by atoms with Crippen molar-refractivity contribution in [3.8, 4) is 0 Å². The second kappa shape index (κ2) is 9.20. The Morgan fingerprint density at radius 2 is 1.79 bits per heavy atom. The minimum Gasteiger partial charge on any atom is -0.508 e. The molecular weight excluding hydrogens is 436 g/mol. The highest BCUT2D eigenvalue weighted by Gasteiger charge is 2.02. The number of carbonyl (C=O) groups is 1. The van der Waals surface area contributed by atoms with E-state index in [2.05, 4.69) is 45.0 Å². The number of nitrogens with two attached hydrogens (primary N) is 1. The SMILES string of the molecule is C=C(O)/C(C=N)=c1/ccccc1=C.NC(=O)c1ccc(Br)c(Br)c1. The molecule has 2 aromatic carbocycles. The van der Waals surface area contributed by atoms with Gasteiger partial charge >= 0.3 is 0 Å². The summed E-state index contributed by atoms with van der Waals surface area (Å²) >= 11 is 6.54. The first-order chi connectivity index (χ1) is 11.3. The minimum atomic E-state index is -0.418. The highest BCUT2D eigenvalue weighted by atomic mass is 79.9. The van der Waals surface area contributed by atoms with Crippen LogP contribution in [0.15, 0.2) is 63.7 Å². The van der Waals surface area contributed by atoms with E-state index in [-0.39, 0.29) is 5.76 Å². The van der Waals surface area contributed by atoms with Crippen molar-refractivity contribution in [2.45, 2.75) is 0 Å². The number of benzene rings is 2.